The third kappa shape index (κ3) is 5.09. The van der Waals surface area contributed by atoms with Gasteiger partial charge in [0.15, 0.2) is 0 Å². The van der Waals surface area contributed by atoms with Gasteiger partial charge >= 0.3 is 6.18 Å². The van der Waals surface area contributed by atoms with E-state index in [4.69, 9.17) is 0 Å². The van der Waals surface area contributed by atoms with Gasteiger partial charge in [-0.15, -0.1) is 0 Å². The summed E-state index contributed by atoms with van der Waals surface area (Å²) in [6.45, 7) is 1.93. The lowest BCUT2D eigenvalue weighted by molar-refractivity contribution is -0.143. The van der Waals surface area contributed by atoms with Crippen LogP contribution in [0.5, 0.6) is 0 Å². The monoisotopic (exact) mass is 451 g/mol. The van der Waals surface area contributed by atoms with E-state index in [1.54, 1.807) is 6.07 Å². The van der Waals surface area contributed by atoms with Crippen molar-refractivity contribution in [2.75, 3.05) is 25.0 Å². The Balaban J connectivity index is 1.47. The summed E-state index contributed by atoms with van der Waals surface area (Å²) < 4.78 is 64.7. The molecule has 3 aromatic rings. The summed E-state index contributed by atoms with van der Waals surface area (Å²) in [5.74, 6) is -1.97. The number of H-pyrrole nitrogens is 1. The van der Waals surface area contributed by atoms with Gasteiger partial charge in [0.25, 0.3) is 5.91 Å². The van der Waals surface area contributed by atoms with Crippen molar-refractivity contribution in [3.8, 4) is 0 Å². The van der Waals surface area contributed by atoms with Gasteiger partial charge in [-0.1, -0.05) is 13.0 Å². The Morgan fingerprint density at radius 3 is 2.56 bits per heavy atom. The Hall–Kier alpha value is -2.94. The highest BCUT2D eigenvalue weighted by molar-refractivity contribution is 6.06. The number of rotatable bonds is 5. The number of nitrogens with zero attached hydrogens (tertiary/aromatic N) is 1. The lowest BCUT2D eigenvalue weighted by Crippen LogP contribution is -2.32. The average molecular weight is 451 g/mol. The molecule has 1 saturated heterocycles. The van der Waals surface area contributed by atoms with Gasteiger partial charge < -0.3 is 10.3 Å². The number of likely N-dealkylation sites (tertiary alicyclic amines) is 1. The lowest BCUT2D eigenvalue weighted by Gasteiger charge is -2.21. The second kappa shape index (κ2) is 8.54. The molecule has 2 N–H and O–H groups in total. The molecule has 4 rings (SSSR count). The van der Waals surface area contributed by atoms with E-state index in [0.29, 0.717) is 31.1 Å². The van der Waals surface area contributed by atoms with Crippen LogP contribution in [0.3, 0.4) is 0 Å². The summed E-state index contributed by atoms with van der Waals surface area (Å²) in [5.41, 5.74) is 1.92. The molecule has 1 unspecified atom stereocenters. The van der Waals surface area contributed by atoms with Crippen molar-refractivity contribution >= 4 is 22.5 Å². The van der Waals surface area contributed by atoms with Crippen LogP contribution in [0.1, 0.15) is 35.3 Å². The number of carbonyl (C=O) groups is 1. The number of alkyl halides is 3. The first kappa shape index (κ1) is 22.3. The fraction of sp³-hybridized carbons (Fsp3) is 0.348. The molecule has 2 heterocycles. The molecule has 1 fully saturated rings. The van der Waals surface area contributed by atoms with Crippen LogP contribution in [0.15, 0.2) is 42.5 Å². The van der Waals surface area contributed by atoms with Crippen molar-refractivity contribution < 1.29 is 26.7 Å². The summed E-state index contributed by atoms with van der Waals surface area (Å²) in [7, 11) is 0. The van der Waals surface area contributed by atoms with Gasteiger partial charge in [-0.2, -0.15) is 13.2 Å². The molecule has 2 aromatic carbocycles. The Morgan fingerprint density at radius 1 is 1.16 bits per heavy atom. The van der Waals surface area contributed by atoms with Gasteiger partial charge in [0.05, 0.1) is 6.54 Å². The first-order valence-electron chi connectivity index (χ1n) is 10.3. The smallest absolute Gasteiger partial charge is 0.351 e. The quantitative estimate of drug-likeness (QED) is 0.490. The van der Waals surface area contributed by atoms with Crippen molar-refractivity contribution in [3.63, 3.8) is 0 Å². The molecule has 9 heteroatoms. The van der Waals surface area contributed by atoms with Crippen LogP contribution in [0.4, 0.5) is 27.6 Å². The molecule has 32 heavy (non-hydrogen) atoms. The first-order valence-corrected chi connectivity index (χ1v) is 10.3. The van der Waals surface area contributed by atoms with Gasteiger partial charge in [0, 0.05) is 29.2 Å². The van der Waals surface area contributed by atoms with E-state index in [-0.39, 0.29) is 23.2 Å². The summed E-state index contributed by atoms with van der Waals surface area (Å²) >= 11 is 0. The number of hydrogen-bond donors (Lipinski definition) is 2. The van der Waals surface area contributed by atoms with Crippen LogP contribution in [0.25, 0.3) is 10.9 Å². The van der Waals surface area contributed by atoms with Crippen molar-refractivity contribution in [2.24, 2.45) is 5.92 Å². The summed E-state index contributed by atoms with van der Waals surface area (Å²) in [4.78, 5) is 16.9. The maximum Gasteiger partial charge on any atom is 0.401 e. The van der Waals surface area contributed by atoms with Crippen LogP contribution in [0, 0.1) is 17.6 Å². The molecular formula is C23H22F5N3O. The molecule has 0 aliphatic carbocycles. The van der Waals surface area contributed by atoms with Crippen molar-refractivity contribution in [2.45, 2.75) is 25.4 Å². The van der Waals surface area contributed by atoms with Crippen LogP contribution in [-0.4, -0.2) is 41.6 Å². The van der Waals surface area contributed by atoms with E-state index in [1.807, 2.05) is 25.1 Å². The van der Waals surface area contributed by atoms with Crippen LogP contribution in [0.2, 0.25) is 0 Å². The Kier molecular flexibility index (Phi) is 5.94. The van der Waals surface area contributed by atoms with Gasteiger partial charge in [0.1, 0.15) is 17.3 Å². The van der Waals surface area contributed by atoms with Gasteiger partial charge in [0.2, 0.25) is 0 Å². The standard InChI is InChI=1S/C23H22F5N3O/c1-13(15-4-5-31(11-15)12-23(26,27)28)14-2-3-20-16(6-14)7-21(30-20)22(32)29-19-9-17(24)8-18(25)10-19/h2-3,6-10,13,15,30H,4-5,11-12H2,1H3,(H,29,32)/t13?,15-/m0/s1. The summed E-state index contributed by atoms with van der Waals surface area (Å²) in [6, 6.07) is 10.0. The van der Waals surface area contributed by atoms with Crippen LogP contribution >= 0.6 is 0 Å². The minimum Gasteiger partial charge on any atom is -0.351 e. The van der Waals surface area contributed by atoms with E-state index < -0.39 is 30.3 Å². The average Bonchev–Trinajstić information content (AvgIpc) is 3.31. The predicted octanol–water partition coefficient (Wildman–Crippen LogP) is 5.69. The van der Waals surface area contributed by atoms with E-state index in [9.17, 15) is 26.7 Å². The van der Waals surface area contributed by atoms with E-state index >= 15 is 0 Å². The molecule has 4 nitrogen and oxygen atoms in total. The summed E-state index contributed by atoms with van der Waals surface area (Å²) in [5, 5.41) is 3.23. The maximum absolute atomic E-state index is 13.3. The largest absolute Gasteiger partial charge is 0.401 e. The number of halogens is 5. The molecular weight excluding hydrogens is 429 g/mol. The van der Waals surface area contributed by atoms with Crippen molar-refractivity contribution in [1.29, 1.82) is 0 Å². The SMILES string of the molecule is CC(c1ccc2[nH]c(C(=O)Nc3cc(F)cc(F)c3)cc2c1)[C@H]1CCN(CC(F)(F)F)C1. The van der Waals surface area contributed by atoms with E-state index in [1.165, 1.54) is 4.90 Å². The molecule has 2 atom stereocenters. The fourth-order valence-corrected chi connectivity index (χ4v) is 4.32. The number of nitrogens with one attached hydrogen (secondary N) is 2. The molecule has 1 amide bonds. The minimum atomic E-state index is -4.20. The third-order valence-corrected chi connectivity index (χ3v) is 5.95. The molecule has 0 radical (unpaired) electrons. The number of hydrogen-bond acceptors (Lipinski definition) is 2. The zero-order valence-corrected chi connectivity index (χ0v) is 17.3. The molecule has 1 aliphatic rings. The van der Waals surface area contributed by atoms with Gasteiger partial charge in [-0.25, -0.2) is 8.78 Å². The molecule has 0 bridgehead atoms. The molecule has 0 spiro atoms. The summed E-state index contributed by atoms with van der Waals surface area (Å²) in [6.07, 6.45) is -3.50. The molecule has 1 aliphatic heterocycles. The van der Waals surface area contributed by atoms with Gasteiger partial charge in [-0.05, 0) is 60.7 Å². The van der Waals surface area contributed by atoms with E-state index in [0.717, 1.165) is 23.1 Å². The molecule has 1 aromatic heterocycles. The Bertz CT molecular complexity index is 1120. The van der Waals surface area contributed by atoms with Gasteiger partial charge in [-0.3, -0.25) is 9.69 Å². The maximum atomic E-state index is 13.3. The first-order chi connectivity index (χ1) is 15.1. The van der Waals surface area contributed by atoms with Crippen LogP contribution < -0.4 is 5.32 Å². The van der Waals surface area contributed by atoms with Crippen molar-refractivity contribution in [1.82, 2.24) is 9.88 Å². The minimum absolute atomic E-state index is 0.00473. The normalized spacial score (nSPS) is 18.2. The second-order valence-corrected chi connectivity index (χ2v) is 8.33. The van der Waals surface area contributed by atoms with E-state index in [2.05, 4.69) is 10.3 Å². The number of aromatic nitrogens is 1. The highest BCUT2D eigenvalue weighted by Gasteiger charge is 2.36. The third-order valence-electron chi connectivity index (χ3n) is 5.95. The molecule has 170 valence electrons. The number of carbonyl (C=O) groups excluding carboxylic acids is 1. The highest BCUT2D eigenvalue weighted by atomic mass is 19.4. The van der Waals surface area contributed by atoms with Crippen molar-refractivity contribution in [3.05, 3.63) is 65.4 Å². The second-order valence-electron chi connectivity index (χ2n) is 8.33. The number of benzene rings is 2. The zero-order valence-electron chi connectivity index (χ0n) is 17.3. The number of amides is 1. The number of anilines is 1. The highest BCUT2D eigenvalue weighted by Crippen LogP contribution is 2.34. The number of aromatic amines is 1. The number of fused-ring (bicyclic) bond motifs is 1. The zero-order chi connectivity index (χ0) is 23.0. The fourth-order valence-electron chi connectivity index (χ4n) is 4.32. The predicted molar refractivity (Wildman–Crippen MR) is 112 cm³/mol. The molecule has 0 saturated carbocycles. The van der Waals surface area contributed by atoms with Crippen LogP contribution in [-0.2, 0) is 0 Å². The Morgan fingerprint density at radius 2 is 1.88 bits per heavy atom. The topological polar surface area (TPSA) is 48.1 Å². The Labute approximate surface area is 181 Å². The lowest BCUT2D eigenvalue weighted by atomic mass is 9.86.